The average Bonchev–Trinajstić information content (AvgIpc) is 3.40. The van der Waals surface area contributed by atoms with Crippen molar-refractivity contribution < 1.29 is 42.9 Å². The summed E-state index contributed by atoms with van der Waals surface area (Å²) < 4.78 is 22.9. The van der Waals surface area contributed by atoms with Crippen LogP contribution in [0.1, 0.15) is 348 Å². The first kappa shape index (κ1) is 75.0. The van der Waals surface area contributed by atoms with Gasteiger partial charge in [-0.3, -0.25) is 9.59 Å². The molecule has 0 aliphatic heterocycles. The molecule has 0 aliphatic carbocycles. The van der Waals surface area contributed by atoms with Gasteiger partial charge in [0.1, 0.15) is 13.2 Å². The number of allylic oxidation sites excluding steroid dienone is 2. The number of ether oxygens (including phenoxy) is 4. The summed E-state index contributed by atoms with van der Waals surface area (Å²) in [5.41, 5.74) is 0. The zero-order chi connectivity index (χ0) is 56.2. The number of hydrogen-bond donors (Lipinski definition) is 1. The number of esters is 2. The molecule has 0 aromatic rings. The highest BCUT2D eigenvalue weighted by molar-refractivity contribution is 5.71. The molecular formula is C68H132NO8+. The Labute approximate surface area is 478 Å². The quantitative estimate of drug-likeness (QED) is 0.0211. The fourth-order valence-corrected chi connectivity index (χ4v) is 10.3. The lowest BCUT2D eigenvalue weighted by atomic mass is 10.0. The number of hydrogen-bond acceptors (Lipinski definition) is 7. The van der Waals surface area contributed by atoms with E-state index >= 15 is 0 Å². The molecule has 9 nitrogen and oxygen atoms in total. The summed E-state index contributed by atoms with van der Waals surface area (Å²) in [6, 6.07) is 0. The van der Waals surface area contributed by atoms with Crippen LogP contribution in [0.5, 0.6) is 0 Å². The number of carbonyl (C=O) groups is 3. The zero-order valence-electron chi connectivity index (χ0n) is 52.2. The second-order valence-corrected chi connectivity index (χ2v) is 24.5. The largest absolute Gasteiger partial charge is 0.477 e. The van der Waals surface area contributed by atoms with Crippen LogP contribution in [-0.4, -0.2) is 87.4 Å². The molecule has 0 radical (unpaired) electrons. The van der Waals surface area contributed by atoms with Crippen LogP contribution in [-0.2, 0) is 33.3 Å². The van der Waals surface area contributed by atoms with Crippen molar-refractivity contribution in [1.29, 1.82) is 0 Å². The molecule has 456 valence electrons. The van der Waals surface area contributed by atoms with E-state index in [1.54, 1.807) is 0 Å². The van der Waals surface area contributed by atoms with Gasteiger partial charge < -0.3 is 28.5 Å². The Morgan fingerprint density at radius 2 is 0.662 bits per heavy atom. The predicted octanol–water partition coefficient (Wildman–Crippen LogP) is 20.5. The van der Waals surface area contributed by atoms with E-state index < -0.39 is 24.3 Å². The molecule has 0 saturated carbocycles. The minimum atomic E-state index is -1.51. The number of nitrogens with zero attached hydrogens (tertiary/aromatic N) is 1. The van der Waals surface area contributed by atoms with Gasteiger partial charge in [0.25, 0.3) is 6.29 Å². The monoisotopic (exact) mass is 1090 g/mol. The summed E-state index contributed by atoms with van der Waals surface area (Å²) in [5, 5.41) is 9.72. The second kappa shape index (κ2) is 60.1. The molecule has 0 aliphatic rings. The van der Waals surface area contributed by atoms with Gasteiger partial charge in [0, 0.05) is 12.8 Å². The number of carboxylic acid groups (broad SMARTS) is 1. The van der Waals surface area contributed by atoms with Gasteiger partial charge in [0.15, 0.2) is 6.10 Å². The molecule has 0 bridgehead atoms. The first-order valence-corrected chi connectivity index (χ1v) is 33.9. The molecule has 1 N–H and O–H groups in total. The Kier molecular flexibility index (Phi) is 58.6. The summed E-state index contributed by atoms with van der Waals surface area (Å²) in [5.74, 6) is -1.98. The van der Waals surface area contributed by atoms with Crippen LogP contribution < -0.4 is 0 Å². The van der Waals surface area contributed by atoms with Crippen LogP contribution in [0.3, 0.4) is 0 Å². The van der Waals surface area contributed by atoms with E-state index in [4.69, 9.17) is 18.9 Å². The summed E-state index contributed by atoms with van der Waals surface area (Å²) >= 11 is 0. The van der Waals surface area contributed by atoms with Crippen LogP contribution in [0.2, 0.25) is 0 Å². The first-order valence-electron chi connectivity index (χ1n) is 33.9. The minimum Gasteiger partial charge on any atom is -0.477 e. The summed E-state index contributed by atoms with van der Waals surface area (Å²) in [6.45, 7) is 4.94. The maximum absolute atomic E-state index is 12.9. The summed E-state index contributed by atoms with van der Waals surface area (Å²) in [6.07, 6.45) is 69.1. The van der Waals surface area contributed by atoms with Crippen LogP contribution in [0.15, 0.2) is 12.2 Å². The Balaban J connectivity index is 3.99. The molecule has 2 unspecified atom stereocenters. The van der Waals surface area contributed by atoms with Crippen molar-refractivity contribution in [2.45, 2.75) is 360 Å². The number of rotatable bonds is 64. The SMILES string of the molecule is CCCCCCCCC/C=C\CCCCCCCCCC(=O)OC(COC(=O)CCCCCCCCCCCCCCCCCCCCCCCCCCCCCCCCCCCC)COC(OCC[N+](C)(C)C)C(=O)O. The third kappa shape index (κ3) is 61.5. The van der Waals surface area contributed by atoms with Gasteiger partial charge >= 0.3 is 17.9 Å². The Morgan fingerprint density at radius 1 is 0.377 bits per heavy atom. The second-order valence-electron chi connectivity index (χ2n) is 24.5. The molecule has 0 aromatic carbocycles. The van der Waals surface area contributed by atoms with E-state index in [0.29, 0.717) is 17.4 Å². The lowest BCUT2D eigenvalue weighted by Crippen LogP contribution is -2.40. The molecular weight excluding hydrogens is 959 g/mol. The minimum absolute atomic E-state index is 0.177. The molecule has 0 spiro atoms. The van der Waals surface area contributed by atoms with E-state index in [1.807, 2.05) is 21.1 Å². The third-order valence-electron chi connectivity index (χ3n) is 15.5. The molecule has 0 rings (SSSR count). The Morgan fingerprint density at radius 3 is 0.961 bits per heavy atom. The van der Waals surface area contributed by atoms with Crippen LogP contribution in [0, 0.1) is 0 Å². The zero-order valence-corrected chi connectivity index (χ0v) is 52.2. The van der Waals surface area contributed by atoms with Crippen molar-refractivity contribution in [3.63, 3.8) is 0 Å². The number of quaternary nitrogens is 1. The average molecular weight is 1090 g/mol. The fraction of sp³-hybridized carbons (Fsp3) is 0.926. The number of aliphatic carboxylic acids is 1. The standard InChI is InChI=1S/C68H131NO8/c1-6-8-10-12-14-16-18-20-22-24-26-27-28-29-30-31-32-33-34-35-36-37-38-39-40-41-43-44-46-48-50-52-54-56-58-65(70)75-62-64(63-76-68(67(72)73)74-61-60-69(3,4)5)77-66(71)59-57-55-53-51-49-47-45-42-25-23-21-19-17-15-13-11-9-7-2/h23,25,64,68H,6-22,24,26-63H2,1-5H3/p+1/b25-23-. The van der Waals surface area contributed by atoms with E-state index in [-0.39, 0.29) is 32.2 Å². The van der Waals surface area contributed by atoms with Crippen molar-refractivity contribution in [3.05, 3.63) is 12.2 Å². The van der Waals surface area contributed by atoms with E-state index in [1.165, 1.54) is 270 Å². The molecule has 0 saturated heterocycles. The molecule has 2 atom stereocenters. The number of carboxylic acids is 1. The van der Waals surface area contributed by atoms with Crippen molar-refractivity contribution in [1.82, 2.24) is 0 Å². The maximum atomic E-state index is 12.9. The van der Waals surface area contributed by atoms with Gasteiger partial charge in [-0.25, -0.2) is 4.79 Å². The highest BCUT2D eigenvalue weighted by atomic mass is 16.7. The van der Waals surface area contributed by atoms with E-state index in [0.717, 1.165) is 51.4 Å². The van der Waals surface area contributed by atoms with Crippen molar-refractivity contribution in [3.8, 4) is 0 Å². The van der Waals surface area contributed by atoms with E-state index in [9.17, 15) is 19.5 Å². The van der Waals surface area contributed by atoms with Crippen molar-refractivity contribution >= 4 is 17.9 Å². The predicted molar refractivity (Wildman–Crippen MR) is 328 cm³/mol. The molecule has 0 fully saturated rings. The van der Waals surface area contributed by atoms with Crippen LogP contribution in [0.4, 0.5) is 0 Å². The molecule has 0 heterocycles. The van der Waals surface area contributed by atoms with Gasteiger partial charge in [-0.05, 0) is 38.5 Å². The number of unbranched alkanes of at least 4 members (excludes halogenated alkanes) is 47. The van der Waals surface area contributed by atoms with Gasteiger partial charge in [0.2, 0.25) is 0 Å². The van der Waals surface area contributed by atoms with Gasteiger partial charge in [0.05, 0.1) is 34.4 Å². The number of likely N-dealkylation sites (N-methyl/N-ethyl adjacent to an activating group) is 1. The van der Waals surface area contributed by atoms with Gasteiger partial charge in [-0.1, -0.05) is 309 Å². The Hall–Kier alpha value is -1.97. The molecule has 0 aromatic heterocycles. The van der Waals surface area contributed by atoms with Gasteiger partial charge in [-0.15, -0.1) is 0 Å². The van der Waals surface area contributed by atoms with Crippen molar-refractivity contribution in [2.24, 2.45) is 0 Å². The van der Waals surface area contributed by atoms with Crippen molar-refractivity contribution in [2.75, 3.05) is 47.5 Å². The topological polar surface area (TPSA) is 108 Å². The highest BCUT2D eigenvalue weighted by Gasteiger charge is 2.25. The smallest absolute Gasteiger partial charge is 0.361 e. The summed E-state index contributed by atoms with van der Waals surface area (Å²) in [4.78, 5) is 37.5. The maximum Gasteiger partial charge on any atom is 0.361 e. The normalized spacial score (nSPS) is 12.7. The van der Waals surface area contributed by atoms with Crippen LogP contribution in [0.25, 0.3) is 0 Å². The lowest BCUT2D eigenvalue weighted by molar-refractivity contribution is -0.870. The third-order valence-corrected chi connectivity index (χ3v) is 15.5. The highest BCUT2D eigenvalue weighted by Crippen LogP contribution is 2.19. The lowest BCUT2D eigenvalue weighted by Gasteiger charge is -2.25. The van der Waals surface area contributed by atoms with E-state index in [2.05, 4.69) is 26.0 Å². The molecule has 9 heteroatoms. The molecule has 77 heavy (non-hydrogen) atoms. The first-order chi connectivity index (χ1) is 37.6. The van der Waals surface area contributed by atoms with Gasteiger partial charge in [-0.2, -0.15) is 0 Å². The summed E-state index contributed by atoms with van der Waals surface area (Å²) in [7, 11) is 5.98. The fourth-order valence-electron chi connectivity index (χ4n) is 10.3. The Bertz CT molecular complexity index is 1270. The van der Waals surface area contributed by atoms with Crippen LogP contribution >= 0.6 is 0 Å². The number of carbonyl (C=O) groups excluding carboxylic acids is 2. The molecule has 0 amide bonds.